The van der Waals surface area contributed by atoms with Crippen molar-refractivity contribution >= 4 is 17.7 Å². The van der Waals surface area contributed by atoms with Crippen molar-refractivity contribution in [2.24, 2.45) is 0 Å². The van der Waals surface area contributed by atoms with E-state index in [-0.39, 0.29) is 11.6 Å². The van der Waals surface area contributed by atoms with Gasteiger partial charge in [-0.15, -0.1) is 0 Å². The fourth-order valence-corrected chi connectivity index (χ4v) is 2.93. The largest absolute Gasteiger partial charge is 0.444 e. The Kier molecular flexibility index (Phi) is 7.55. The quantitative estimate of drug-likeness (QED) is 0.547. The molecule has 1 aromatic rings. The molecule has 1 heterocycles. The molecule has 1 aliphatic heterocycles. The molecule has 2 N–H and O–H groups in total. The molecule has 0 radical (unpaired) electrons. The van der Waals surface area contributed by atoms with Crippen LogP contribution in [0.2, 0.25) is 0 Å². The molecule has 0 saturated carbocycles. The average molecular weight is 438 g/mol. The Bertz CT molecular complexity index is 877. The second-order valence-corrected chi connectivity index (χ2v) is 8.08. The fraction of sp³-hybridized carbons (Fsp3) is 0.476. The maximum atomic E-state index is 13.1. The van der Waals surface area contributed by atoms with E-state index in [9.17, 15) is 28.0 Å². The number of nitrogens with zero attached hydrogens (tertiary/aromatic N) is 2. The van der Waals surface area contributed by atoms with Crippen molar-refractivity contribution in [3.63, 3.8) is 0 Å². The number of halogens is 3. The van der Waals surface area contributed by atoms with Gasteiger partial charge in [0.05, 0.1) is 11.3 Å². The van der Waals surface area contributed by atoms with Crippen molar-refractivity contribution in [3.05, 3.63) is 41.6 Å². The molecule has 10 heteroatoms. The summed E-state index contributed by atoms with van der Waals surface area (Å²) in [4.78, 5) is 26.0. The second-order valence-electron chi connectivity index (χ2n) is 8.08. The normalized spacial score (nSPS) is 15.8. The van der Waals surface area contributed by atoms with Gasteiger partial charge in [0.1, 0.15) is 17.2 Å². The van der Waals surface area contributed by atoms with E-state index in [1.54, 1.807) is 31.7 Å². The van der Waals surface area contributed by atoms with Crippen molar-refractivity contribution in [2.45, 2.75) is 51.4 Å². The highest BCUT2D eigenvalue weighted by Gasteiger charge is 2.34. The number of piperidine rings is 1. The number of alkyl halides is 3. The van der Waals surface area contributed by atoms with E-state index in [1.807, 2.05) is 0 Å². The minimum atomic E-state index is -4.64. The van der Waals surface area contributed by atoms with E-state index in [0.29, 0.717) is 25.9 Å². The summed E-state index contributed by atoms with van der Waals surface area (Å²) in [7, 11) is 0. The monoisotopic (exact) mass is 438 g/mol. The van der Waals surface area contributed by atoms with Crippen LogP contribution in [0.25, 0.3) is 0 Å². The molecule has 0 aliphatic carbocycles. The van der Waals surface area contributed by atoms with Crippen LogP contribution < -0.4 is 10.6 Å². The number of para-hydroxylation sites is 1. The van der Waals surface area contributed by atoms with Crippen molar-refractivity contribution in [2.75, 3.05) is 18.4 Å². The van der Waals surface area contributed by atoms with Crippen molar-refractivity contribution in [3.8, 4) is 6.07 Å². The third-order valence-corrected chi connectivity index (χ3v) is 4.46. The number of carbonyl (C=O) groups is 2. The molecule has 1 saturated heterocycles. The Morgan fingerprint density at radius 2 is 1.81 bits per heavy atom. The lowest BCUT2D eigenvalue weighted by Gasteiger charge is -2.33. The van der Waals surface area contributed by atoms with Crippen molar-refractivity contribution in [1.82, 2.24) is 10.2 Å². The highest BCUT2D eigenvalue weighted by Crippen LogP contribution is 2.34. The molecule has 0 spiro atoms. The van der Waals surface area contributed by atoms with Crippen LogP contribution >= 0.6 is 0 Å². The smallest absolute Gasteiger partial charge is 0.418 e. The Hall–Kier alpha value is -3.22. The number of rotatable bonds is 4. The number of hydrogen-bond donors (Lipinski definition) is 2. The maximum Gasteiger partial charge on any atom is 0.418 e. The number of carbonyl (C=O) groups excluding carboxylic acids is 2. The van der Waals surface area contributed by atoms with Crippen LogP contribution in [-0.2, 0) is 15.7 Å². The van der Waals surface area contributed by atoms with Gasteiger partial charge < -0.3 is 20.3 Å². The van der Waals surface area contributed by atoms with Gasteiger partial charge in [0.25, 0.3) is 5.91 Å². The summed E-state index contributed by atoms with van der Waals surface area (Å²) in [5, 5.41) is 14.3. The van der Waals surface area contributed by atoms with Crippen LogP contribution in [0.5, 0.6) is 0 Å². The van der Waals surface area contributed by atoms with Crippen LogP contribution in [0, 0.1) is 11.3 Å². The molecule has 1 fully saturated rings. The van der Waals surface area contributed by atoms with Gasteiger partial charge in [-0.3, -0.25) is 4.79 Å². The maximum absolute atomic E-state index is 13.1. The van der Waals surface area contributed by atoms with Gasteiger partial charge in [-0.05, 0) is 45.7 Å². The van der Waals surface area contributed by atoms with Crippen LogP contribution in [0.15, 0.2) is 36.0 Å². The standard InChI is InChI=1S/C21H25F3N4O3/c1-20(2,3)31-19(30)28-10-8-15(9-11-28)26-13-14(12-25)18(29)27-17-7-5-4-6-16(17)21(22,23)24/h4-7,13,15,26H,8-11H2,1-3H3,(H,27,29)/b14-13-. The summed E-state index contributed by atoms with van der Waals surface area (Å²) >= 11 is 0. The van der Waals surface area contributed by atoms with Gasteiger partial charge in [0.2, 0.25) is 0 Å². The molecule has 0 unspecified atom stereocenters. The highest BCUT2D eigenvalue weighted by atomic mass is 19.4. The summed E-state index contributed by atoms with van der Waals surface area (Å²) in [6.07, 6.45) is -2.72. The van der Waals surface area contributed by atoms with E-state index in [0.717, 1.165) is 12.1 Å². The van der Waals surface area contributed by atoms with Gasteiger partial charge in [0.15, 0.2) is 0 Å². The summed E-state index contributed by atoms with van der Waals surface area (Å²) in [6, 6.07) is 6.13. The van der Waals surface area contributed by atoms with E-state index in [2.05, 4.69) is 10.6 Å². The van der Waals surface area contributed by atoms with Gasteiger partial charge in [0, 0.05) is 25.3 Å². The second kappa shape index (κ2) is 9.73. The van der Waals surface area contributed by atoms with Crippen LogP contribution in [0.1, 0.15) is 39.2 Å². The minimum absolute atomic E-state index is 0.0997. The van der Waals surface area contributed by atoms with Crippen LogP contribution in [0.4, 0.5) is 23.7 Å². The number of likely N-dealkylation sites (tertiary alicyclic amines) is 1. The Morgan fingerprint density at radius 1 is 1.19 bits per heavy atom. The van der Waals surface area contributed by atoms with E-state index >= 15 is 0 Å². The topological polar surface area (TPSA) is 94.5 Å². The van der Waals surface area contributed by atoms with Crippen LogP contribution in [0.3, 0.4) is 0 Å². The molecule has 31 heavy (non-hydrogen) atoms. The molecule has 0 bridgehead atoms. The number of nitrogens with one attached hydrogen (secondary N) is 2. The lowest BCUT2D eigenvalue weighted by molar-refractivity contribution is -0.137. The average Bonchev–Trinajstić information content (AvgIpc) is 2.67. The van der Waals surface area contributed by atoms with Crippen molar-refractivity contribution < 1.29 is 27.5 Å². The Morgan fingerprint density at radius 3 is 2.35 bits per heavy atom. The molecular weight excluding hydrogens is 413 g/mol. The Labute approximate surface area is 178 Å². The van der Waals surface area contributed by atoms with Gasteiger partial charge in [-0.2, -0.15) is 18.4 Å². The first-order chi connectivity index (χ1) is 14.4. The molecule has 1 aliphatic rings. The third kappa shape index (κ3) is 7.20. The molecule has 2 rings (SSSR count). The summed E-state index contributed by atoms with van der Waals surface area (Å²) in [5.74, 6) is -0.946. The third-order valence-electron chi connectivity index (χ3n) is 4.46. The number of ether oxygens (including phenoxy) is 1. The molecule has 1 aromatic carbocycles. The zero-order valence-electron chi connectivity index (χ0n) is 17.5. The number of nitriles is 1. The number of amides is 2. The predicted molar refractivity (Wildman–Crippen MR) is 108 cm³/mol. The zero-order chi connectivity index (χ0) is 23.2. The van der Waals surface area contributed by atoms with Crippen molar-refractivity contribution in [1.29, 1.82) is 5.26 Å². The van der Waals surface area contributed by atoms with E-state index in [4.69, 9.17) is 4.74 Å². The number of anilines is 1. The first-order valence-electron chi connectivity index (χ1n) is 9.72. The number of benzene rings is 1. The summed E-state index contributed by atoms with van der Waals surface area (Å²) < 4.78 is 44.5. The lowest BCUT2D eigenvalue weighted by atomic mass is 10.1. The molecule has 0 atom stereocenters. The van der Waals surface area contributed by atoms with Gasteiger partial charge in [-0.25, -0.2) is 4.79 Å². The summed E-state index contributed by atoms with van der Waals surface area (Å²) in [6.45, 7) is 6.23. The Balaban J connectivity index is 1.95. The molecule has 168 valence electrons. The fourth-order valence-electron chi connectivity index (χ4n) is 2.93. The predicted octanol–water partition coefficient (Wildman–Crippen LogP) is 4.04. The highest BCUT2D eigenvalue weighted by molar-refractivity contribution is 6.06. The van der Waals surface area contributed by atoms with Crippen LogP contribution in [-0.4, -0.2) is 41.6 Å². The summed E-state index contributed by atoms with van der Waals surface area (Å²) in [5.41, 5.74) is -2.36. The van der Waals surface area contributed by atoms with Gasteiger partial charge >= 0.3 is 12.3 Å². The molecule has 2 amide bonds. The SMILES string of the molecule is CC(C)(C)OC(=O)N1CCC(N/C=C(/C#N)C(=O)Nc2ccccc2C(F)(F)F)CC1. The molecule has 7 nitrogen and oxygen atoms in total. The van der Waals surface area contributed by atoms with Gasteiger partial charge in [-0.1, -0.05) is 12.1 Å². The molecular formula is C21H25F3N4O3. The minimum Gasteiger partial charge on any atom is -0.444 e. The first-order valence-corrected chi connectivity index (χ1v) is 9.72. The van der Waals surface area contributed by atoms with E-state index < -0.39 is 35.0 Å². The van der Waals surface area contributed by atoms with E-state index in [1.165, 1.54) is 18.3 Å². The molecule has 0 aromatic heterocycles. The lowest BCUT2D eigenvalue weighted by Crippen LogP contribution is -2.45. The zero-order valence-corrected chi connectivity index (χ0v) is 17.5. The number of hydrogen-bond acceptors (Lipinski definition) is 5. The first kappa shape index (κ1) is 24.1.